The first-order chi connectivity index (χ1) is 9.33. The zero-order chi connectivity index (χ0) is 13.1. The number of hydrogen-bond donors (Lipinski definition) is 1. The van der Waals surface area contributed by atoms with Gasteiger partial charge in [-0.25, -0.2) is 0 Å². The van der Waals surface area contributed by atoms with Crippen LogP contribution in [0.4, 0.5) is 0 Å². The van der Waals surface area contributed by atoms with Crippen LogP contribution in [0, 0.1) is 5.92 Å². The summed E-state index contributed by atoms with van der Waals surface area (Å²) in [6.45, 7) is 5.49. The first-order valence-corrected chi connectivity index (χ1v) is 7.89. The van der Waals surface area contributed by atoms with E-state index in [0.29, 0.717) is 12.0 Å². The maximum absolute atomic E-state index is 6.02. The predicted octanol–water partition coefficient (Wildman–Crippen LogP) is 1.77. The number of nitrogens with one attached hydrogen (secondary N) is 1. The Kier molecular flexibility index (Phi) is 4.12. The van der Waals surface area contributed by atoms with Crippen LogP contribution in [0.25, 0.3) is 0 Å². The molecule has 6 heteroatoms. The second kappa shape index (κ2) is 5.83. The minimum Gasteiger partial charge on any atom is -0.378 e. The summed E-state index contributed by atoms with van der Waals surface area (Å²) in [5, 5.41) is 9.88. The molecule has 0 aromatic carbocycles. The third-order valence-corrected chi connectivity index (χ3v) is 4.71. The van der Waals surface area contributed by atoms with E-state index in [-0.39, 0.29) is 5.60 Å². The predicted molar refractivity (Wildman–Crippen MR) is 73.2 cm³/mol. The molecule has 3 unspecified atom stereocenters. The van der Waals surface area contributed by atoms with Gasteiger partial charge in [-0.1, -0.05) is 11.4 Å². The van der Waals surface area contributed by atoms with Gasteiger partial charge in [0.2, 0.25) is 0 Å². The first-order valence-electron chi connectivity index (χ1n) is 7.05. The molecule has 2 fully saturated rings. The Balaban J connectivity index is 1.74. The van der Waals surface area contributed by atoms with Crippen LogP contribution < -0.4 is 5.32 Å². The van der Waals surface area contributed by atoms with Crippen LogP contribution in [0.15, 0.2) is 5.38 Å². The minimum atomic E-state index is -0.0416. The smallest absolute Gasteiger partial charge is 0.0940 e. The lowest BCUT2D eigenvalue weighted by Crippen LogP contribution is -2.44. The van der Waals surface area contributed by atoms with E-state index in [4.69, 9.17) is 9.47 Å². The topological polar surface area (TPSA) is 56.3 Å². The fraction of sp³-hybridized carbons (Fsp3) is 0.846. The van der Waals surface area contributed by atoms with Gasteiger partial charge in [-0.2, -0.15) is 0 Å². The van der Waals surface area contributed by atoms with Crippen molar-refractivity contribution in [3.63, 3.8) is 0 Å². The van der Waals surface area contributed by atoms with Crippen molar-refractivity contribution < 1.29 is 9.47 Å². The number of aromatic nitrogens is 2. The molecule has 3 rings (SSSR count). The third-order valence-electron chi connectivity index (χ3n) is 4.19. The molecule has 2 aliphatic rings. The molecule has 2 aliphatic heterocycles. The van der Waals surface area contributed by atoms with Crippen LogP contribution in [-0.4, -0.2) is 41.6 Å². The highest BCUT2D eigenvalue weighted by Gasteiger charge is 2.43. The average molecular weight is 283 g/mol. The molecule has 0 bridgehead atoms. The van der Waals surface area contributed by atoms with Gasteiger partial charge >= 0.3 is 0 Å². The summed E-state index contributed by atoms with van der Waals surface area (Å²) in [5.41, 5.74) is 1.04. The highest BCUT2D eigenvalue weighted by molar-refractivity contribution is 7.03. The Morgan fingerprint density at radius 2 is 2.53 bits per heavy atom. The lowest BCUT2D eigenvalue weighted by molar-refractivity contribution is -0.103. The molecule has 5 nitrogen and oxygen atoms in total. The number of hydrogen-bond acceptors (Lipinski definition) is 6. The second-order valence-corrected chi connectivity index (χ2v) is 6.06. The number of rotatable bonds is 4. The molecule has 3 atom stereocenters. The zero-order valence-corrected chi connectivity index (χ0v) is 12.1. The summed E-state index contributed by atoms with van der Waals surface area (Å²) in [5.74, 6) is 0.555. The molecule has 1 spiro atoms. The highest BCUT2D eigenvalue weighted by atomic mass is 32.1. The van der Waals surface area contributed by atoms with Gasteiger partial charge in [0.05, 0.1) is 23.9 Å². The first kappa shape index (κ1) is 13.4. The molecule has 1 aromatic rings. The van der Waals surface area contributed by atoms with Crippen LogP contribution in [0.3, 0.4) is 0 Å². The molecule has 0 radical (unpaired) electrons. The van der Waals surface area contributed by atoms with E-state index in [0.717, 1.165) is 51.3 Å². The van der Waals surface area contributed by atoms with E-state index in [1.165, 1.54) is 11.5 Å². The molecule has 0 aliphatic carbocycles. The fourth-order valence-electron chi connectivity index (χ4n) is 3.25. The summed E-state index contributed by atoms with van der Waals surface area (Å²) >= 11 is 1.42. The fourth-order valence-corrected chi connectivity index (χ4v) is 3.74. The largest absolute Gasteiger partial charge is 0.378 e. The standard InChI is InChI=1S/C13H21N3O2S/c1-2-14-12(11-8-19-16-15-11)10-3-5-18-13(7-10)4-6-17-9-13/h8,10,12,14H,2-7,9H2,1H3. The lowest BCUT2D eigenvalue weighted by Gasteiger charge is -2.40. The normalized spacial score (nSPS) is 32.8. The quantitative estimate of drug-likeness (QED) is 0.912. The van der Waals surface area contributed by atoms with Crippen molar-refractivity contribution in [1.82, 2.24) is 14.9 Å². The average Bonchev–Trinajstić information content (AvgIpc) is 3.08. The molecule has 106 valence electrons. The minimum absolute atomic E-state index is 0.0416. The van der Waals surface area contributed by atoms with Gasteiger partial charge in [-0.3, -0.25) is 0 Å². The maximum Gasteiger partial charge on any atom is 0.0940 e. The van der Waals surface area contributed by atoms with Crippen molar-refractivity contribution in [3.8, 4) is 0 Å². The Bertz CT molecular complexity index is 393. The van der Waals surface area contributed by atoms with Crippen LogP contribution >= 0.6 is 11.5 Å². The van der Waals surface area contributed by atoms with Crippen LogP contribution in [-0.2, 0) is 9.47 Å². The van der Waals surface area contributed by atoms with E-state index in [2.05, 4.69) is 27.2 Å². The Morgan fingerprint density at radius 3 is 3.21 bits per heavy atom. The summed E-state index contributed by atoms with van der Waals surface area (Å²) in [4.78, 5) is 0. The monoisotopic (exact) mass is 283 g/mol. The van der Waals surface area contributed by atoms with Crippen molar-refractivity contribution in [2.45, 2.75) is 37.8 Å². The van der Waals surface area contributed by atoms with E-state index in [9.17, 15) is 0 Å². The molecular weight excluding hydrogens is 262 g/mol. The van der Waals surface area contributed by atoms with Crippen molar-refractivity contribution in [2.75, 3.05) is 26.4 Å². The van der Waals surface area contributed by atoms with Gasteiger partial charge in [0.1, 0.15) is 0 Å². The molecule has 1 N–H and O–H groups in total. The third kappa shape index (κ3) is 2.81. The highest BCUT2D eigenvalue weighted by Crippen LogP contribution is 2.40. The van der Waals surface area contributed by atoms with Crippen molar-refractivity contribution in [2.24, 2.45) is 5.92 Å². The second-order valence-electron chi connectivity index (χ2n) is 5.45. The van der Waals surface area contributed by atoms with Gasteiger partial charge in [0, 0.05) is 25.0 Å². The Morgan fingerprint density at radius 1 is 1.58 bits per heavy atom. The maximum atomic E-state index is 6.02. The van der Waals surface area contributed by atoms with E-state index < -0.39 is 0 Å². The molecule has 2 saturated heterocycles. The van der Waals surface area contributed by atoms with Crippen molar-refractivity contribution in [1.29, 1.82) is 0 Å². The summed E-state index contributed by atoms with van der Waals surface area (Å²) in [6, 6.07) is 0.296. The zero-order valence-electron chi connectivity index (χ0n) is 11.3. The van der Waals surface area contributed by atoms with Gasteiger partial charge in [0.25, 0.3) is 0 Å². The van der Waals surface area contributed by atoms with Crippen LogP contribution in [0.1, 0.15) is 37.9 Å². The SMILES string of the molecule is CCNC(c1csnn1)C1CCOC2(CCOC2)C1. The van der Waals surface area contributed by atoms with E-state index in [1.807, 2.05) is 0 Å². The molecule has 0 amide bonds. The summed E-state index contributed by atoms with van der Waals surface area (Å²) in [7, 11) is 0. The Hall–Kier alpha value is -0.560. The van der Waals surface area contributed by atoms with E-state index >= 15 is 0 Å². The van der Waals surface area contributed by atoms with Crippen molar-refractivity contribution in [3.05, 3.63) is 11.1 Å². The molecule has 1 aromatic heterocycles. The molecule has 0 saturated carbocycles. The summed E-state index contributed by atoms with van der Waals surface area (Å²) < 4.78 is 15.6. The van der Waals surface area contributed by atoms with Gasteiger partial charge < -0.3 is 14.8 Å². The van der Waals surface area contributed by atoms with Crippen LogP contribution in [0.2, 0.25) is 0 Å². The Labute approximate surface area is 117 Å². The van der Waals surface area contributed by atoms with Gasteiger partial charge in [-0.05, 0) is 36.8 Å². The molecule has 3 heterocycles. The number of ether oxygens (including phenoxy) is 2. The van der Waals surface area contributed by atoms with Gasteiger partial charge in [0.15, 0.2) is 0 Å². The number of nitrogens with zero attached hydrogens (tertiary/aromatic N) is 2. The van der Waals surface area contributed by atoms with Crippen molar-refractivity contribution >= 4 is 11.5 Å². The summed E-state index contributed by atoms with van der Waals surface area (Å²) in [6.07, 6.45) is 3.16. The molecular formula is C13H21N3O2S. The van der Waals surface area contributed by atoms with E-state index in [1.54, 1.807) is 0 Å². The molecule has 19 heavy (non-hydrogen) atoms. The van der Waals surface area contributed by atoms with Gasteiger partial charge in [-0.15, -0.1) is 5.10 Å². The van der Waals surface area contributed by atoms with Crippen LogP contribution in [0.5, 0.6) is 0 Å². The lowest BCUT2D eigenvalue weighted by atomic mass is 9.80.